The third-order valence-corrected chi connectivity index (χ3v) is 2.55. The molecule has 16 heavy (non-hydrogen) atoms. The van der Waals surface area contributed by atoms with Gasteiger partial charge in [-0.3, -0.25) is 0 Å². The van der Waals surface area contributed by atoms with Crippen LogP contribution in [-0.2, 0) is 6.42 Å². The molecule has 0 aromatic heterocycles. The molecule has 3 rings (SSSR count). The summed E-state index contributed by atoms with van der Waals surface area (Å²) in [6.45, 7) is 0. The minimum absolute atomic E-state index is 0. The molecule has 0 amide bonds. The van der Waals surface area contributed by atoms with E-state index in [0.717, 1.165) is 17.9 Å². The molecule has 0 atom stereocenters. The van der Waals surface area contributed by atoms with Crippen LogP contribution < -0.4 is 4.74 Å². The summed E-state index contributed by atoms with van der Waals surface area (Å²) >= 11 is 0. The van der Waals surface area contributed by atoms with Gasteiger partial charge in [-0.05, 0) is 23.3 Å². The zero-order valence-corrected chi connectivity index (χ0v) is 9.46. The Hall–Kier alpha value is -1.51. The zero-order valence-electron chi connectivity index (χ0n) is 8.64. The van der Waals surface area contributed by atoms with Gasteiger partial charge in [0.25, 0.3) is 0 Å². The maximum atomic E-state index is 5.78. The normalized spacial score (nSPS) is 11.0. The molecule has 2 nitrogen and oxygen atoms in total. The molecule has 1 heterocycles. The first kappa shape index (κ1) is 12.6. The molecule has 1 aliphatic heterocycles. The summed E-state index contributed by atoms with van der Waals surface area (Å²) in [4.78, 5) is 0. The molecule has 1 aliphatic rings. The van der Waals surface area contributed by atoms with Crippen LogP contribution in [0.1, 0.15) is 11.1 Å². The average molecular weight is 237 g/mol. The van der Waals surface area contributed by atoms with Crippen LogP contribution in [0.2, 0.25) is 0 Å². The second-order valence-corrected chi connectivity index (χ2v) is 3.49. The molecule has 84 valence electrons. The van der Waals surface area contributed by atoms with Gasteiger partial charge in [-0.1, -0.05) is 36.4 Å². The van der Waals surface area contributed by atoms with Crippen molar-refractivity contribution in [1.29, 1.82) is 0 Å². The first-order valence-electron chi connectivity index (χ1n) is 4.77. The minimum atomic E-state index is 0. The lowest BCUT2D eigenvalue weighted by Crippen LogP contribution is -2.01. The van der Waals surface area contributed by atoms with Gasteiger partial charge in [-0.2, -0.15) is 0 Å². The van der Waals surface area contributed by atoms with Crippen LogP contribution in [0, 0.1) is 0 Å². The highest BCUT2D eigenvalue weighted by molar-refractivity contribution is 5.85. The molecule has 2 N–H and O–H groups in total. The standard InChI is InChI=1S/C13H10O.ClH.H2O/c1-3-7-12-10(5-1)9-11-6-2-4-8-13(11)14-12;;/h1-8H,9H2;1H;1H2. The Morgan fingerprint density at radius 3 is 1.69 bits per heavy atom. The number of rotatable bonds is 0. The van der Waals surface area contributed by atoms with Crippen molar-refractivity contribution >= 4 is 12.4 Å². The van der Waals surface area contributed by atoms with E-state index in [1.807, 2.05) is 24.3 Å². The van der Waals surface area contributed by atoms with Crippen LogP contribution in [0.4, 0.5) is 0 Å². The minimum Gasteiger partial charge on any atom is -0.457 e. The van der Waals surface area contributed by atoms with Crippen molar-refractivity contribution < 1.29 is 10.2 Å². The van der Waals surface area contributed by atoms with Crippen molar-refractivity contribution in [1.82, 2.24) is 0 Å². The van der Waals surface area contributed by atoms with E-state index < -0.39 is 0 Å². The summed E-state index contributed by atoms with van der Waals surface area (Å²) < 4.78 is 5.78. The Morgan fingerprint density at radius 1 is 0.750 bits per heavy atom. The highest BCUT2D eigenvalue weighted by Crippen LogP contribution is 2.35. The Balaban J connectivity index is 0.000000640. The Kier molecular flexibility index (Phi) is 3.93. The van der Waals surface area contributed by atoms with E-state index >= 15 is 0 Å². The van der Waals surface area contributed by atoms with Crippen LogP contribution in [0.15, 0.2) is 48.5 Å². The third kappa shape index (κ3) is 2.03. The monoisotopic (exact) mass is 236 g/mol. The maximum Gasteiger partial charge on any atom is 0.130 e. The van der Waals surface area contributed by atoms with E-state index in [1.54, 1.807) is 0 Å². The molecule has 0 bridgehead atoms. The fraction of sp³-hybridized carbons (Fsp3) is 0.0769. The number of halogens is 1. The van der Waals surface area contributed by atoms with Gasteiger partial charge in [0.2, 0.25) is 0 Å². The number of hydrogen-bond donors (Lipinski definition) is 0. The molecule has 0 saturated carbocycles. The fourth-order valence-electron chi connectivity index (χ4n) is 1.82. The first-order valence-corrected chi connectivity index (χ1v) is 4.77. The Bertz CT molecular complexity index is 395. The molecule has 0 aliphatic carbocycles. The van der Waals surface area contributed by atoms with Crippen molar-refractivity contribution in [3.05, 3.63) is 59.7 Å². The van der Waals surface area contributed by atoms with Gasteiger partial charge in [-0.15, -0.1) is 12.4 Å². The predicted molar refractivity (Wildman–Crippen MR) is 66.6 cm³/mol. The van der Waals surface area contributed by atoms with Crippen molar-refractivity contribution in [2.24, 2.45) is 0 Å². The lowest BCUT2D eigenvalue weighted by molar-refractivity contribution is 0.460. The molecule has 0 unspecified atom stereocenters. The zero-order chi connectivity index (χ0) is 9.38. The van der Waals surface area contributed by atoms with Crippen LogP contribution in [0.3, 0.4) is 0 Å². The highest BCUT2D eigenvalue weighted by atomic mass is 35.5. The molecule has 0 fully saturated rings. The van der Waals surface area contributed by atoms with Crippen molar-refractivity contribution in [2.75, 3.05) is 0 Å². The topological polar surface area (TPSA) is 40.7 Å². The number of benzene rings is 2. The van der Waals surface area contributed by atoms with Gasteiger partial charge < -0.3 is 10.2 Å². The van der Waals surface area contributed by atoms with Crippen LogP contribution in [0.25, 0.3) is 0 Å². The third-order valence-electron chi connectivity index (χ3n) is 2.55. The molecular weight excluding hydrogens is 224 g/mol. The van der Waals surface area contributed by atoms with Gasteiger partial charge >= 0.3 is 0 Å². The van der Waals surface area contributed by atoms with Crippen LogP contribution >= 0.6 is 12.4 Å². The van der Waals surface area contributed by atoms with Gasteiger partial charge in [-0.25, -0.2) is 0 Å². The number of ether oxygens (including phenoxy) is 1. The maximum absolute atomic E-state index is 5.78. The molecule has 2 aromatic rings. The Morgan fingerprint density at radius 2 is 1.19 bits per heavy atom. The summed E-state index contributed by atoms with van der Waals surface area (Å²) in [5.41, 5.74) is 2.54. The molecular formula is C13H13ClO2. The van der Waals surface area contributed by atoms with Crippen molar-refractivity contribution in [3.63, 3.8) is 0 Å². The smallest absolute Gasteiger partial charge is 0.130 e. The van der Waals surface area contributed by atoms with E-state index in [1.165, 1.54) is 11.1 Å². The second-order valence-electron chi connectivity index (χ2n) is 3.49. The Labute approximate surface area is 101 Å². The van der Waals surface area contributed by atoms with Gasteiger partial charge in [0.15, 0.2) is 0 Å². The highest BCUT2D eigenvalue weighted by Gasteiger charge is 2.14. The largest absolute Gasteiger partial charge is 0.457 e. The molecule has 0 spiro atoms. The van der Waals surface area contributed by atoms with E-state index in [0.29, 0.717) is 0 Å². The number of para-hydroxylation sites is 2. The van der Waals surface area contributed by atoms with Crippen molar-refractivity contribution in [3.8, 4) is 11.5 Å². The average Bonchev–Trinajstić information content (AvgIpc) is 2.26. The van der Waals surface area contributed by atoms with Crippen LogP contribution in [0.5, 0.6) is 11.5 Å². The second kappa shape index (κ2) is 5.01. The summed E-state index contributed by atoms with van der Waals surface area (Å²) in [6, 6.07) is 16.4. The fourth-order valence-corrected chi connectivity index (χ4v) is 1.82. The molecule has 0 radical (unpaired) electrons. The summed E-state index contributed by atoms with van der Waals surface area (Å²) in [6.07, 6.45) is 0.979. The van der Waals surface area contributed by atoms with E-state index in [2.05, 4.69) is 24.3 Å². The number of hydrogen-bond acceptors (Lipinski definition) is 1. The molecule has 2 aromatic carbocycles. The van der Waals surface area contributed by atoms with Gasteiger partial charge in [0.1, 0.15) is 11.5 Å². The summed E-state index contributed by atoms with van der Waals surface area (Å²) in [5.74, 6) is 1.98. The lowest BCUT2D eigenvalue weighted by atomic mass is 10.0. The van der Waals surface area contributed by atoms with Crippen LogP contribution in [-0.4, -0.2) is 5.48 Å². The van der Waals surface area contributed by atoms with E-state index in [9.17, 15) is 0 Å². The summed E-state index contributed by atoms with van der Waals surface area (Å²) in [5, 5.41) is 0. The van der Waals surface area contributed by atoms with Gasteiger partial charge in [0.05, 0.1) is 0 Å². The number of fused-ring (bicyclic) bond motifs is 2. The van der Waals surface area contributed by atoms with E-state index in [-0.39, 0.29) is 17.9 Å². The quantitative estimate of drug-likeness (QED) is 0.592. The predicted octanol–water partition coefficient (Wildman–Crippen LogP) is 2.98. The molecule has 3 heteroatoms. The lowest BCUT2D eigenvalue weighted by Gasteiger charge is -2.19. The SMILES string of the molecule is Cl.O.c1ccc2c(c1)Cc1ccccc1O2. The first-order chi connectivity index (χ1) is 6.93. The van der Waals surface area contributed by atoms with Gasteiger partial charge in [0, 0.05) is 6.42 Å². The summed E-state index contributed by atoms with van der Waals surface area (Å²) in [7, 11) is 0. The van der Waals surface area contributed by atoms with Crippen molar-refractivity contribution in [2.45, 2.75) is 6.42 Å². The molecule has 0 saturated heterocycles. The van der Waals surface area contributed by atoms with E-state index in [4.69, 9.17) is 4.74 Å².